The first kappa shape index (κ1) is 15.0. The van der Waals surface area contributed by atoms with Crippen LogP contribution in [0, 0.1) is 10.8 Å². The third-order valence-corrected chi connectivity index (χ3v) is 4.99. The highest BCUT2D eigenvalue weighted by Crippen LogP contribution is 2.72. The van der Waals surface area contributed by atoms with Gasteiger partial charge in [0, 0.05) is 19.4 Å². The third-order valence-electron chi connectivity index (χ3n) is 4.99. The van der Waals surface area contributed by atoms with E-state index in [0.29, 0.717) is 0 Å². The lowest BCUT2D eigenvalue weighted by Gasteiger charge is -2.62. The minimum atomic E-state index is -4.78. The van der Waals surface area contributed by atoms with Crippen LogP contribution >= 0.6 is 0 Å². The van der Waals surface area contributed by atoms with Crippen molar-refractivity contribution in [3.63, 3.8) is 0 Å². The van der Waals surface area contributed by atoms with Gasteiger partial charge in [0.05, 0.1) is 6.54 Å². The fraction of sp³-hybridized carbons (Fsp3) is 0.923. The molecule has 0 radical (unpaired) electrons. The summed E-state index contributed by atoms with van der Waals surface area (Å²) < 4.78 is 78.9. The molecule has 120 valence electrons. The zero-order chi connectivity index (χ0) is 15.7. The summed E-state index contributed by atoms with van der Waals surface area (Å²) in [5, 5.41) is 0. The molecule has 0 aromatic rings. The molecule has 3 aliphatic rings. The highest BCUT2D eigenvalue weighted by molar-refractivity contribution is 5.85. The van der Waals surface area contributed by atoms with Crippen LogP contribution in [0.15, 0.2) is 0 Å². The molecule has 0 bridgehead atoms. The summed E-state index contributed by atoms with van der Waals surface area (Å²) in [5.74, 6) is -4.06. The van der Waals surface area contributed by atoms with Gasteiger partial charge in [-0.15, -0.1) is 0 Å². The van der Waals surface area contributed by atoms with Crippen LogP contribution in [0.5, 0.6) is 0 Å². The van der Waals surface area contributed by atoms with Crippen LogP contribution in [-0.2, 0) is 4.79 Å². The molecule has 0 aromatic carbocycles. The maximum Gasteiger partial charge on any atom is 0.403 e. The van der Waals surface area contributed by atoms with E-state index in [2.05, 4.69) is 0 Å². The molecule has 1 atom stereocenters. The number of halogens is 6. The predicted molar refractivity (Wildman–Crippen MR) is 60.4 cm³/mol. The Morgan fingerprint density at radius 2 is 1.67 bits per heavy atom. The minimum Gasteiger partial charge on any atom is -0.339 e. The predicted octanol–water partition coefficient (Wildman–Crippen LogP) is 3.31. The smallest absolute Gasteiger partial charge is 0.339 e. The first-order chi connectivity index (χ1) is 9.49. The van der Waals surface area contributed by atoms with Crippen molar-refractivity contribution in [3.8, 4) is 0 Å². The van der Waals surface area contributed by atoms with Crippen LogP contribution in [0.4, 0.5) is 26.3 Å². The summed E-state index contributed by atoms with van der Waals surface area (Å²) in [6.45, 7) is -0.374. The summed E-state index contributed by atoms with van der Waals surface area (Å²) in [7, 11) is 0. The van der Waals surface area contributed by atoms with Crippen molar-refractivity contribution in [2.45, 2.75) is 50.4 Å². The Kier molecular flexibility index (Phi) is 2.90. The van der Waals surface area contributed by atoms with Gasteiger partial charge < -0.3 is 4.90 Å². The zero-order valence-corrected chi connectivity index (χ0v) is 11.2. The number of hydrogen-bond acceptors (Lipinski definition) is 1. The number of rotatable bonds is 1. The molecule has 1 amide bonds. The molecule has 1 aliphatic heterocycles. The lowest BCUT2D eigenvalue weighted by Crippen LogP contribution is -2.67. The maximum atomic E-state index is 13.3. The second-order valence-electron chi connectivity index (χ2n) is 6.78. The lowest BCUT2D eigenvalue weighted by molar-refractivity contribution is -0.313. The normalized spacial score (nSPS) is 32.7. The Labute approximate surface area is 117 Å². The zero-order valence-electron chi connectivity index (χ0n) is 11.2. The van der Waals surface area contributed by atoms with Gasteiger partial charge in [-0.2, -0.15) is 13.2 Å². The molecule has 8 heteroatoms. The Balaban J connectivity index is 1.77. The topological polar surface area (TPSA) is 20.3 Å². The van der Waals surface area contributed by atoms with E-state index >= 15 is 0 Å². The number of hydrogen-bond donors (Lipinski definition) is 0. The van der Waals surface area contributed by atoms with Gasteiger partial charge in [0.25, 0.3) is 0 Å². The highest BCUT2D eigenvalue weighted by Gasteiger charge is 2.77. The van der Waals surface area contributed by atoms with Crippen molar-refractivity contribution in [2.24, 2.45) is 10.8 Å². The van der Waals surface area contributed by atoms with Gasteiger partial charge in [0.15, 0.2) is 0 Å². The van der Waals surface area contributed by atoms with Gasteiger partial charge in [-0.25, -0.2) is 13.2 Å². The average molecular weight is 315 g/mol. The molecule has 3 rings (SSSR count). The fourth-order valence-corrected chi connectivity index (χ4v) is 4.20. The van der Waals surface area contributed by atoms with Crippen LogP contribution in [-0.4, -0.2) is 42.2 Å². The summed E-state index contributed by atoms with van der Waals surface area (Å²) in [6, 6.07) is 0. The summed E-state index contributed by atoms with van der Waals surface area (Å²) in [5.41, 5.74) is -3.66. The lowest BCUT2D eigenvalue weighted by atomic mass is 9.43. The van der Waals surface area contributed by atoms with Gasteiger partial charge >= 0.3 is 6.18 Å². The number of nitrogens with zero attached hydrogens (tertiary/aromatic N) is 1. The van der Waals surface area contributed by atoms with Crippen molar-refractivity contribution >= 4 is 5.91 Å². The summed E-state index contributed by atoms with van der Waals surface area (Å²) in [4.78, 5) is 13.1. The van der Waals surface area contributed by atoms with Crippen LogP contribution < -0.4 is 0 Å². The van der Waals surface area contributed by atoms with Crippen LogP contribution in [0.1, 0.15) is 32.1 Å². The molecule has 3 fully saturated rings. The summed E-state index contributed by atoms with van der Waals surface area (Å²) >= 11 is 0. The largest absolute Gasteiger partial charge is 0.403 e. The van der Waals surface area contributed by atoms with E-state index in [0.717, 1.165) is 4.90 Å². The van der Waals surface area contributed by atoms with Gasteiger partial charge in [0.2, 0.25) is 11.8 Å². The molecule has 0 N–H and O–H groups in total. The van der Waals surface area contributed by atoms with Gasteiger partial charge in [-0.3, -0.25) is 4.79 Å². The minimum absolute atomic E-state index is 0.0306. The van der Waals surface area contributed by atoms with E-state index in [9.17, 15) is 31.1 Å². The Bertz CT molecular complexity index is 458. The molecule has 1 unspecified atom stereocenters. The number of alkyl halides is 6. The molecular weight excluding hydrogens is 300 g/mol. The number of carbonyl (C=O) groups excluding carboxylic acids is 1. The fourth-order valence-electron chi connectivity index (χ4n) is 4.20. The molecule has 1 spiro atoms. The van der Waals surface area contributed by atoms with Crippen LogP contribution in [0.25, 0.3) is 0 Å². The van der Waals surface area contributed by atoms with Crippen molar-refractivity contribution < 1.29 is 31.1 Å². The van der Waals surface area contributed by atoms with Crippen molar-refractivity contribution in [1.29, 1.82) is 0 Å². The Morgan fingerprint density at radius 1 is 1.10 bits per heavy atom. The number of likely N-dealkylation sites (tertiary alicyclic amines) is 1. The Hall–Kier alpha value is -0.950. The number of amides is 1. The van der Waals surface area contributed by atoms with Crippen molar-refractivity contribution in [3.05, 3.63) is 0 Å². The average Bonchev–Trinajstić information content (AvgIpc) is 2.65. The molecule has 2 nitrogen and oxygen atoms in total. The standard InChI is InChI=1S/C13H15F6NO/c14-8-1-2-20(3-8)9(21)11(13(17,18)19)4-10(5-11)6-12(15,16)7-10/h8H,1-7H2. The Morgan fingerprint density at radius 3 is 2.05 bits per heavy atom. The number of carbonyl (C=O) groups is 1. The summed E-state index contributed by atoms with van der Waals surface area (Å²) in [6.07, 6.45) is -8.41. The first-order valence-corrected chi connectivity index (χ1v) is 6.87. The third kappa shape index (κ3) is 2.12. The van der Waals surface area contributed by atoms with Crippen molar-refractivity contribution in [1.82, 2.24) is 4.90 Å². The van der Waals surface area contributed by atoms with E-state index in [1.807, 2.05) is 0 Å². The van der Waals surface area contributed by atoms with Gasteiger partial charge in [0.1, 0.15) is 11.6 Å². The van der Waals surface area contributed by atoms with Crippen LogP contribution in [0.2, 0.25) is 0 Å². The molecule has 1 saturated heterocycles. The van der Waals surface area contributed by atoms with E-state index in [4.69, 9.17) is 0 Å². The molecular formula is C13H15F6NO. The second kappa shape index (κ2) is 4.07. The maximum absolute atomic E-state index is 13.3. The molecule has 0 aromatic heterocycles. The van der Waals surface area contributed by atoms with E-state index in [-0.39, 0.29) is 19.5 Å². The van der Waals surface area contributed by atoms with E-state index in [1.54, 1.807) is 0 Å². The van der Waals surface area contributed by atoms with Gasteiger partial charge in [-0.1, -0.05) is 0 Å². The quantitative estimate of drug-likeness (QED) is 0.680. The van der Waals surface area contributed by atoms with Crippen LogP contribution in [0.3, 0.4) is 0 Å². The SMILES string of the molecule is O=C(N1CCC(F)C1)C1(C(F)(F)F)CC2(CC(F)(F)C2)C1. The van der Waals surface area contributed by atoms with Gasteiger partial charge in [-0.05, 0) is 24.7 Å². The monoisotopic (exact) mass is 315 g/mol. The molecule has 1 heterocycles. The van der Waals surface area contributed by atoms with E-state index < -0.39 is 60.7 Å². The molecule has 21 heavy (non-hydrogen) atoms. The van der Waals surface area contributed by atoms with Crippen molar-refractivity contribution in [2.75, 3.05) is 13.1 Å². The molecule has 2 saturated carbocycles. The molecule has 2 aliphatic carbocycles. The highest BCUT2D eigenvalue weighted by atomic mass is 19.4. The second-order valence-corrected chi connectivity index (χ2v) is 6.78. The van der Waals surface area contributed by atoms with E-state index in [1.165, 1.54) is 0 Å². The first-order valence-electron chi connectivity index (χ1n) is 6.87.